The number of rotatable bonds is 3. The summed E-state index contributed by atoms with van der Waals surface area (Å²) in [6.07, 6.45) is 0.698. The molecule has 5 rings (SSSR count). The van der Waals surface area contributed by atoms with Crippen molar-refractivity contribution in [1.82, 2.24) is 14.5 Å². The van der Waals surface area contributed by atoms with Crippen LogP contribution in [0.25, 0.3) is 5.69 Å². The van der Waals surface area contributed by atoms with Gasteiger partial charge in [-0.05, 0) is 57.0 Å². The lowest BCUT2D eigenvalue weighted by atomic mass is 9.87. The van der Waals surface area contributed by atoms with E-state index in [1.165, 1.54) is 11.7 Å². The number of benzene rings is 2. The number of ether oxygens (including phenoxy) is 3. The fourth-order valence-electron chi connectivity index (χ4n) is 5.32. The molecule has 1 unspecified atom stereocenters. The van der Waals surface area contributed by atoms with Crippen LogP contribution < -0.4 is 25.5 Å². The summed E-state index contributed by atoms with van der Waals surface area (Å²) < 4.78 is 18.1. The van der Waals surface area contributed by atoms with E-state index in [2.05, 4.69) is 4.98 Å². The fraction of sp³-hybridized carbons (Fsp3) is 0.360. The Morgan fingerprint density at radius 2 is 1.79 bits per heavy atom. The number of nitrogens with zero attached hydrogens (tertiary/aromatic N) is 2. The predicted octanol–water partition coefficient (Wildman–Crippen LogP) is 2.47. The average Bonchev–Trinajstić information content (AvgIpc) is 3.23. The molecule has 0 aliphatic carbocycles. The van der Waals surface area contributed by atoms with Gasteiger partial charge in [0.25, 0.3) is 5.56 Å². The number of nitrogens with one attached hydrogen (secondary N) is 1. The lowest BCUT2D eigenvalue weighted by Gasteiger charge is -2.36. The maximum Gasteiger partial charge on any atom is 0.335 e. The van der Waals surface area contributed by atoms with Crippen molar-refractivity contribution in [2.75, 3.05) is 27.5 Å². The number of hydrogen-bond acceptors (Lipinski definition) is 7. The molecule has 0 bridgehead atoms. The van der Waals surface area contributed by atoms with E-state index in [0.29, 0.717) is 41.5 Å². The molecule has 0 radical (unpaired) electrons. The van der Waals surface area contributed by atoms with Gasteiger partial charge in [-0.3, -0.25) is 14.7 Å². The molecular formula is C25H27N3O6. The van der Waals surface area contributed by atoms with Crippen LogP contribution in [0, 0.1) is 20.8 Å². The Morgan fingerprint density at radius 1 is 1.09 bits per heavy atom. The number of methoxy groups -OCH3 is 1. The van der Waals surface area contributed by atoms with Crippen molar-refractivity contribution in [1.29, 1.82) is 0 Å². The van der Waals surface area contributed by atoms with Gasteiger partial charge in [0.15, 0.2) is 11.5 Å². The van der Waals surface area contributed by atoms with Crippen molar-refractivity contribution in [2.45, 2.75) is 33.2 Å². The minimum atomic E-state index is -0.697. The first kappa shape index (κ1) is 22.1. The minimum absolute atomic E-state index is 0.0691. The van der Waals surface area contributed by atoms with Crippen LogP contribution in [0.1, 0.15) is 39.4 Å². The van der Waals surface area contributed by atoms with Gasteiger partial charge < -0.3 is 19.3 Å². The van der Waals surface area contributed by atoms with E-state index in [9.17, 15) is 14.7 Å². The number of fused-ring (bicyclic) bond motifs is 2. The van der Waals surface area contributed by atoms with Gasteiger partial charge in [-0.2, -0.15) is 0 Å². The summed E-state index contributed by atoms with van der Waals surface area (Å²) in [5, 5.41) is 11.5. The average molecular weight is 466 g/mol. The highest BCUT2D eigenvalue weighted by Crippen LogP contribution is 2.51. The van der Waals surface area contributed by atoms with Crippen LogP contribution in [0.2, 0.25) is 0 Å². The largest absolute Gasteiger partial charge is 0.494 e. The molecule has 2 N–H and O–H groups in total. The molecule has 34 heavy (non-hydrogen) atoms. The van der Waals surface area contributed by atoms with E-state index < -0.39 is 23.2 Å². The lowest BCUT2D eigenvalue weighted by Crippen LogP contribution is -2.40. The van der Waals surface area contributed by atoms with E-state index in [4.69, 9.17) is 14.2 Å². The maximum absolute atomic E-state index is 13.2. The molecule has 9 heteroatoms. The molecule has 178 valence electrons. The molecule has 2 aliphatic heterocycles. The molecule has 0 saturated heterocycles. The highest BCUT2D eigenvalue weighted by Gasteiger charge is 2.38. The zero-order chi connectivity index (χ0) is 24.3. The van der Waals surface area contributed by atoms with Gasteiger partial charge in [0.1, 0.15) is 0 Å². The molecule has 0 amide bonds. The molecule has 3 heterocycles. The Balaban J connectivity index is 1.82. The Bertz CT molecular complexity index is 1420. The van der Waals surface area contributed by atoms with Crippen molar-refractivity contribution in [3.8, 4) is 28.8 Å². The summed E-state index contributed by atoms with van der Waals surface area (Å²) >= 11 is 0. The minimum Gasteiger partial charge on any atom is -0.494 e. The number of aromatic nitrogens is 2. The molecule has 1 atom stereocenters. The van der Waals surface area contributed by atoms with Crippen LogP contribution in [0.15, 0.2) is 27.8 Å². The third-order valence-electron chi connectivity index (χ3n) is 6.65. The molecule has 9 nitrogen and oxygen atoms in total. The SMILES string of the molecule is COc1c2c(cc3c1C(c1c(O)n(-c4c(C)cc(C)cc4C)c(=O)[nH]c1=O)N(C)CC3)OCO2. The number of aromatic amines is 1. The molecule has 2 aromatic carbocycles. The van der Waals surface area contributed by atoms with E-state index in [0.717, 1.165) is 22.3 Å². The molecular weight excluding hydrogens is 438 g/mol. The Morgan fingerprint density at radius 3 is 2.47 bits per heavy atom. The second-order valence-electron chi connectivity index (χ2n) is 8.93. The second kappa shape index (κ2) is 7.95. The smallest absolute Gasteiger partial charge is 0.335 e. The van der Waals surface area contributed by atoms with E-state index >= 15 is 0 Å². The summed E-state index contributed by atoms with van der Waals surface area (Å²) in [4.78, 5) is 30.5. The summed E-state index contributed by atoms with van der Waals surface area (Å²) in [6, 6.07) is 5.10. The van der Waals surface area contributed by atoms with Crippen LogP contribution in [0.3, 0.4) is 0 Å². The zero-order valence-electron chi connectivity index (χ0n) is 19.8. The first-order valence-electron chi connectivity index (χ1n) is 11.1. The van der Waals surface area contributed by atoms with Crippen molar-refractivity contribution in [2.24, 2.45) is 0 Å². The number of aromatic hydroxyl groups is 1. The Kier molecular flexibility index (Phi) is 5.16. The van der Waals surface area contributed by atoms with Crippen LogP contribution in [0.4, 0.5) is 0 Å². The van der Waals surface area contributed by atoms with Gasteiger partial charge in [0.2, 0.25) is 18.4 Å². The standard InChI is InChI=1S/C25H27N3O6/c1-12-8-13(2)19(14(3)9-12)28-24(30)18(23(29)26-25(28)31)20-17-15(6-7-27(20)4)10-16-21(22(17)32-5)34-11-33-16/h8-10,20,30H,6-7,11H2,1-5H3,(H,26,29,31). The van der Waals surface area contributed by atoms with Gasteiger partial charge in [-0.25, -0.2) is 9.36 Å². The highest BCUT2D eigenvalue weighted by molar-refractivity contribution is 5.64. The number of likely N-dealkylation sites (N-methyl/N-ethyl adjacent to an activating group) is 1. The van der Waals surface area contributed by atoms with Gasteiger partial charge in [-0.1, -0.05) is 17.7 Å². The van der Waals surface area contributed by atoms with E-state index in [-0.39, 0.29) is 12.4 Å². The third-order valence-corrected chi connectivity index (χ3v) is 6.65. The maximum atomic E-state index is 13.2. The van der Waals surface area contributed by atoms with Crippen molar-refractivity contribution in [3.63, 3.8) is 0 Å². The molecule has 3 aromatic rings. The predicted molar refractivity (Wildman–Crippen MR) is 126 cm³/mol. The van der Waals surface area contributed by atoms with Gasteiger partial charge in [-0.15, -0.1) is 0 Å². The van der Waals surface area contributed by atoms with Crippen LogP contribution in [0.5, 0.6) is 23.1 Å². The monoisotopic (exact) mass is 465 g/mol. The summed E-state index contributed by atoms with van der Waals surface area (Å²) in [6.45, 7) is 6.42. The van der Waals surface area contributed by atoms with Crippen molar-refractivity contribution in [3.05, 3.63) is 72.4 Å². The molecule has 2 aliphatic rings. The van der Waals surface area contributed by atoms with E-state index in [1.807, 2.05) is 50.9 Å². The van der Waals surface area contributed by atoms with Crippen molar-refractivity contribution < 1.29 is 19.3 Å². The number of aryl methyl sites for hydroxylation is 3. The van der Waals surface area contributed by atoms with Gasteiger partial charge >= 0.3 is 5.69 Å². The highest BCUT2D eigenvalue weighted by atomic mass is 16.7. The second-order valence-corrected chi connectivity index (χ2v) is 8.93. The van der Waals surface area contributed by atoms with Crippen LogP contribution >= 0.6 is 0 Å². The number of H-pyrrole nitrogens is 1. The van der Waals surface area contributed by atoms with Crippen molar-refractivity contribution >= 4 is 0 Å². The third kappa shape index (κ3) is 3.19. The Hall–Kier alpha value is -3.72. The quantitative estimate of drug-likeness (QED) is 0.612. The fourth-order valence-corrected chi connectivity index (χ4v) is 5.32. The topological polar surface area (TPSA) is 106 Å². The normalized spacial score (nSPS) is 17.0. The summed E-state index contributed by atoms with van der Waals surface area (Å²) in [7, 11) is 3.40. The molecule has 0 saturated carbocycles. The van der Waals surface area contributed by atoms with Crippen LogP contribution in [-0.4, -0.2) is 47.1 Å². The van der Waals surface area contributed by atoms with Gasteiger partial charge in [0.05, 0.1) is 24.4 Å². The first-order valence-corrected chi connectivity index (χ1v) is 11.1. The first-order chi connectivity index (χ1) is 16.2. The summed E-state index contributed by atoms with van der Waals surface area (Å²) in [5.41, 5.74) is 3.58. The van der Waals surface area contributed by atoms with E-state index in [1.54, 1.807) is 0 Å². The van der Waals surface area contributed by atoms with Crippen LogP contribution in [-0.2, 0) is 6.42 Å². The summed E-state index contributed by atoms with van der Waals surface area (Å²) in [5.74, 6) is 1.12. The zero-order valence-corrected chi connectivity index (χ0v) is 19.8. The molecule has 0 spiro atoms. The van der Waals surface area contributed by atoms with Gasteiger partial charge in [0, 0.05) is 12.1 Å². The lowest BCUT2D eigenvalue weighted by molar-refractivity contribution is 0.170. The Labute approximate surface area is 196 Å². The molecule has 0 fully saturated rings. The number of hydrogen-bond donors (Lipinski definition) is 2. The molecule has 1 aromatic heterocycles.